The molecule has 0 spiro atoms. The van der Waals surface area contributed by atoms with Gasteiger partial charge in [0.25, 0.3) is 0 Å². The molecular formula is C6H6Cl2FN. The third kappa shape index (κ3) is 2.12. The molecule has 0 bridgehead atoms. The summed E-state index contributed by atoms with van der Waals surface area (Å²) in [6.07, 6.45) is 2.67. The lowest BCUT2D eigenvalue weighted by atomic mass is 10.3. The van der Waals surface area contributed by atoms with E-state index in [4.69, 9.17) is 11.6 Å². The first-order valence-corrected chi connectivity index (χ1v) is 3.02. The first kappa shape index (κ1) is 9.66. The number of aromatic nitrogens is 1. The molecule has 0 atom stereocenters. The molecular weight excluding hydrogens is 176 g/mol. The number of rotatable bonds is 1. The molecule has 1 aromatic rings. The fourth-order valence-corrected chi connectivity index (χ4v) is 0.729. The van der Waals surface area contributed by atoms with Gasteiger partial charge in [0.15, 0.2) is 0 Å². The Labute approximate surface area is 69.6 Å². The molecule has 1 rings (SSSR count). The molecule has 0 N–H and O–H groups in total. The summed E-state index contributed by atoms with van der Waals surface area (Å²) < 4.78 is 12.4. The van der Waals surface area contributed by atoms with Gasteiger partial charge in [0.2, 0.25) is 0 Å². The van der Waals surface area contributed by atoms with Gasteiger partial charge in [-0.05, 0) is 6.07 Å². The molecule has 0 aliphatic heterocycles. The summed E-state index contributed by atoms with van der Waals surface area (Å²) in [6, 6.07) is 1.56. The molecule has 56 valence electrons. The van der Waals surface area contributed by atoms with E-state index in [-0.39, 0.29) is 24.1 Å². The van der Waals surface area contributed by atoms with Gasteiger partial charge >= 0.3 is 0 Å². The molecule has 0 unspecified atom stereocenters. The molecule has 0 aliphatic carbocycles. The zero-order valence-electron chi connectivity index (χ0n) is 5.05. The van der Waals surface area contributed by atoms with Crippen molar-refractivity contribution in [1.29, 1.82) is 0 Å². The van der Waals surface area contributed by atoms with Gasteiger partial charge in [0.1, 0.15) is 5.82 Å². The third-order valence-electron chi connectivity index (χ3n) is 1.00. The Kier molecular flexibility index (Phi) is 4.32. The van der Waals surface area contributed by atoms with Crippen molar-refractivity contribution in [2.45, 2.75) is 5.88 Å². The Morgan fingerprint density at radius 2 is 2.30 bits per heavy atom. The molecule has 0 saturated heterocycles. The second-order valence-electron chi connectivity index (χ2n) is 1.60. The maximum Gasteiger partial charge on any atom is 0.145 e. The minimum absolute atomic E-state index is 0. The maximum absolute atomic E-state index is 12.4. The van der Waals surface area contributed by atoms with Gasteiger partial charge in [-0.15, -0.1) is 24.0 Å². The molecule has 1 nitrogen and oxygen atoms in total. The van der Waals surface area contributed by atoms with Crippen LogP contribution in [0.1, 0.15) is 5.56 Å². The van der Waals surface area contributed by atoms with Crippen molar-refractivity contribution in [3.63, 3.8) is 0 Å². The number of hydrogen-bond donors (Lipinski definition) is 0. The van der Waals surface area contributed by atoms with Crippen molar-refractivity contribution in [3.05, 3.63) is 29.8 Å². The highest BCUT2D eigenvalue weighted by molar-refractivity contribution is 6.17. The van der Waals surface area contributed by atoms with Crippen molar-refractivity contribution in [2.24, 2.45) is 0 Å². The van der Waals surface area contributed by atoms with Gasteiger partial charge in [-0.25, -0.2) is 4.39 Å². The summed E-state index contributed by atoms with van der Waals surface area (Å²) in [5.41, 5.74) is 0.492. The van der Waals surface area contributed by atoms with E-state index in [0.29, 0.717) is 5.56 Å². The molecule has 0 radical (unpaired) electrons. The van der Waals surface area contributed by atoms with E-state index >= 15 is 0 Å². The van der Waals surface area contributed by atoms with E-state index in [0.717, 1.165) is 6.20 Å². The van der Waals surface area contributed by atoms with Gasteiger partial charge in [-0.1, -0.05) is 0 Å². The van der Waals surface area contributed by atoms with Crippen LogP contribution >= 0.6 is 24.0 Å². The summed E-state index contributed by atoms with van der Waals surface area (Å²) in [6.45, 7) is 0. The van der Waals surface area contributed by atoms with Gasteiger partial charge in [-0.2, -0.15) is 0 Å². The van der Waals surface area contributed by atoms with Gasteiger partial charge in [-0.3, -0.25) is 4.98 Å². The lowest BCUT2D eigenvalue weighted by Gasteiger charge is -1.92. The Hall–Kier alpha value is -0.340. The molecule has 1 aromatic heterocycles. The van der Waals surface area contributed by atoms with Crippen LogP contribution in [0.4, 0.5) is 4.39 Å². The average Bonchev–Trinajstić information content (AvgIpc) is 1.89. The standard InChI is InChI=1S/C6H5ClFN.ClH/c7-3-5-1-2-9-4-6(5)8;/h1-2,4H,3H2;1H. The van der Waals surface area contributed by atoms with Crippen LogP contribution in [-0.4, -0.2) is 4.98 Å². The molecule has 10 heavy (non-hydrogen) atoms. The lowest BCUT2D eigenvalue weighted by Crippen LogP contribution is -1.85. The minimum atomic E-state index is -0.340. The number of nitrogens with zero attached hydrogens (tertiary/aromatic N) is 1. The highest BCUT2D eigenvalue weighted by Gasteiger charge is 1.96. The largest absolute Gasteiger partial charge is 0.262 e. The molecule has 1 heterocycles. The van der Waals surface area contributed by atoms with Crippen LogP contribution < -0.4 is 0 Å². The summed E-state index contributed by atoms with van der Waals surface area (Å²) in [4.78, 5) is 3.56. The van der Waals surface area contributed by atoms with Crippen LogP contribution in [0.15, 0.2) is 18.5 Å². The topological polar surface area (TPSA) is 12.9 Å². The Balaban J connectivity index is 0.000000810. The minimum Gasteiger partial charge on any atom is -0.262 e. The predicted molar refractivity (Wildman–Crippen MR) is 41.0 cm³/mol. The van der Waals surface area contributed by atoms with Crippen molar-refractivity contribution in [3.8, 4) is 0 Å². The Bertz CT molecular complexity index is 205. The first-order chi connectivity index (χ1) is 4.34. The number of halogens is 3. The quantitative estimate of drug-likeness (QED) is 0.607. The monoisotopic (exact) mass is 181 g/mol. The summed E-state index contributed by atoms with van der Waals surface area (Å²) in [7, 11) is 0. The zero-order valence-corrected chi connectivity index (χ0v) is 6.62. The smallest absolute Gasteiger partial charge is 0.145 e. The van der Waals surface area contributed by atoms with E-state index < -0.39 is 0 Å². The highest BCUT2D eigenvalue weighted by atomic mass is 35.5. The van der Waals surface area contributed by atoms with Crippen molar-refractivity contribution in [2.75, 3.05) is 0 Å². The van der Waals surface area contributed by atoms with Gasteiger partial charge in [0.05, 0.1) is 12.1 Å². The number of hydrogen-bond acceptors (Lipinski definition) is 1. The lowest BCUT2D eigenvalue weighted by molar-refractivity contribution is 0.610. The zero-order chi connectivity index (χ0) is 6.69. The van der Waals surface area contributed by atoms with Gasteiger partial charge < -0.3 is 0 Å². The second-order valence-corrected chi connectivity index (χ2v) is 1.87. The predicted octanol–water partition coefficient (Wildman–Crippen LogP) is 2.38. The van der Waals surface area contributed by atoms with E-state index in [1.54, 1.807) is 6.07 Å². The summed E-state index contributed by atoms with van der Waals surface area (Å²) in [5.74, 6) is -0.138. The molecule has 0 aromatic carbocycles. The molecule has 0 amide bonds. The third-order valence-corrected chi connectivity index (χ3v) is 1.29. The molecule has 0 fully saturated rings. The Morgan fingerprint density at radius 1 is 1.60 bits per heavy atom. The average molecular weight is 182 g/mol. The SMILES string of the molecule is Cl.Fc1cnccc1CCl. The van der Waals surface area contributed by atoms with Crippen molar-refractivity contribution >= 4 is 24.0 Å². The van der Waals surface area contributed by atoms with E-state index in [9.17, 15) is 4.39 Å². The van der Waals surface area contributed by atoms with Crippen molar-refractivity contribution in [1.82, 2.24) is 4.98 Å². The Morgan fingerprint density at radius 3 is 2.70 bits per heavy atom. The van der Waals surface area contributed by atoms with Crippen molar-refractivity contribution < 1.29 is 4.39 Å². The fraction of sp³-hybridized carbons (Fsp3) is 0.167. The summed E-state index contributed by atoms with van der Waals surface area (Å²) in [5, 5.41) is 0. The van der Waals surface area contributed by atoms with Crippen LogP contribution in [-0.2, 0) is 5.88 Å². The maximum atomic E-state index is 12.4. The van der Waals surface area contributed by atoms with Crippen LogP contribution in [0.3, 0.4) is 0 Å². The first-order valence-electron chi connectivity index (χ1n) is 2.49. The van der Waals surface area contributed by atoms with Gasteiger partial charge in [0, 0.05) is 11.8 Å². The van der Waals surface area contributed by atoms with E-state index in [2.05, 4.69) is 4.98 Å². The van der Waals surface area contributed by atoms with Crippen LogP contribution in [0, 0.1) is 5.82 Å². The number of alkyl halides is 1. The molecule has 0 saturated carbocycles. The number of pyridine rings is 1. The second kappa shape index (κ2) is 4.47. The van der Waals surface area contributed by atoms with E-state index in [1.165, 1.54) is 6.20 Å². The molecule has 0 aliphatic rings. The normalized spacial score (nSPS) is 8.60. The highest BCUT2D eigenvalue weighted by Crippen LogP contribution is 2.06. The van der Waals surface area contributed by atoms with E-state index in [1.807, 2.05) is 0 Å². The summed E-state index contributed by atoms with van der Waals surface area (Å²) >= 11 is 5.36. The fourth-order valence-electron chi connectivity index (χ4n) is 0.512. The van der Waals surface area contributed by atoms with Crippen LogP contribution in [0.5, 0.6) is 0 Å². The van der Waals surface area contributed by atoms with Crippen LogP contribution in [0.25, 0.3) is 0 Å². The molecule has 4 heteroatoms. The van der Waals surface area contributed by atoms with Crippen LogP contribution in [0.2, 0.25) is 0 Å².